The fraction of sp³-hybridized carbons (Fsp3) is 0.545. The third-order valence-corrected chi connectivity index (χ3v) is 3.23. The molecule has 0 spiro atoms. The minimum atomic E-state index is 0.215. The molecule has 0 amide bonds. The molecule has 1 atom stereocenters. The maximum absolute atomic E-state index is 5.76. The number of hydrogen-bond donors (Lipinski definition) is 2. The molecule has 0 fully saturated rings. The number of aromatic nitrogens is 1. The van der Waals surface area contributed by atoms with Crippen molar-refractivity contribution in [2.45, 2.75) is 26.8 Å². The topological polar surface area (TPSA) is 60.2 Å². The van der Waals surface area contributed by atoms with E-state index in [1.165, 1.54) is 0 Å². The third kappa shape index (κ3) is 3.35. The van der Waals surface area contributed by atoms with Gasteiger partial charge in [-0.2, -0.15) is 0 Å². The van der Waals surface area contributed by atoms with E-state index in [1.54, 1.807) is 6.20 Å². The number of nitrogen functional groups attached to an aromatic ring is 1. The van der Waals surface area contributed by atoms with E-state index in [4.69, 9.17) is 10.5 Å². The molecule has 1 rings (SSSR count). The second kappa shape index (κ2) is 6.06. The highest BCUT2D eigenvalue weighted by Crippen LogP contribution is 2.27. The first-order chi connectivity index (χ1) is 7.56. The summed E-state index contributed by atoms with van der Waals surface area (Å²) in [6, 6.07) is 0.215. The number of halogens is 1. The van der Waals surface area contributed by atoms with Gasteiger partial charge in [-0.1, -0.05) is 0 Å². The quantitative estimate of drug-likeness (QED) is 0.874. The van der Waals surface area contributed by atoms with Crippen molar-refractivity contribution in [3.8, 4) is 0 Å². The van der Waals surface area contributed by atoms with Crippen LogP contribution >= 0.6 is 15.9 Å². The van der Waals surface area contributed by atoms with Gasteiger partial charge in [0.2, 0.25) is 0 Å². The molecule has 0 aliphatic heterocycles. The summed E-state index contributed by atoms with van der Waals surface area (Å²) in [5.74, 6) is 0.805. The van der Waals surface area contributed by atoms with Crippen LogP contribution in [0, 0.1) is 6.92 Å². The number of hydrogen-bond acceptors (Lipinski definition) is 4. The predicted molar refractivity (Wildman–Crippen MR) is 70.7 cm³/mol. The molecule has 0 aromatic carbocycles. The molecule has 1 unspecified atom stereocenters. The highest BCUT2D eigenvalue weighted by Gasteiger charge is 2.09. The molecule has 3 N–H and O–H groups in total. The van der Waals surface area contributed by atoms with Crippen molar-refractivity contribution in [2.24, 2.45) is 0 Å². The molecule has 1 aromatic rings. The molecule has 0 saturated carbocycles. The van der Waals surface area contributed by atoms with E-state index in [-0.39, 0.29) is 6.04 Å². The lowest BCUT2D eigenvalue weighted by molar-refractivity contribution is 0.141. The van der Waals surface area contributed by atoms with Gasteiger partial charge in [-0.25, -0.2) is 4.98 Å². The molecule has 1 heterocycles. The zero-order valence-corrected chi connectivity index (χ0v) is 11.5. The van der Waals surface area contributed by atoms with E-state index in [9.17, 15) is 0 Å². The van der Waals surface area contributed by atoms with Crippen molar-refractivity contribution in [2.75, 3.05) is 24.3 Å². The summed E-state index contributed by atoms with van der Waals surface area (Å²) in [6.45, 7) is 7.37. The lowest BCUT2D eigenvalue weighted by atomic mass is 10.2. The standard InChI is InChI=1S/C11H18BrN3O/c1-4-16-6-7(2)15-11-10(12)8(3)9(13)5-14-11/h5,7H,4,6,13H2,1-3H3,(H,14,15). The molecular weight excluding hydrogens is 270 g/mol. The number of pyridine rings is 1. The van der Waals surface area contributed by atoms with Crippen molar-refractivity contribution in [1.29, 1.82) is 0 Å². The fourth-order valence-electron chi connectivity index (χ4n) is 1.26. The van der Waals surface area contributed by atoms with Gasteiger partial charge in [0.25, 0.3) is 0 Å². The lowest BCUT2D eigenvalue weighted by Crippen LogP contribution is -2.22. The van der Waals surface area contributed by atoms with E-state index < -0.39 is 0 Å². The third-order valence-electron chi connectivity index (χ3n) is 2.26. The Bertz CT molecular complexity index is 357. The summed E-state index contributed by atoms with van der Waals surface area (Å²) < 4.78 is 6.24. The number of nitrogens with two attached hydrogens (primary N) is 1. The van der Waals surface area contributed by atoms with Crippen LogP contribution in [-0.2, 0) is 4.74 Å². The van der Waals surface area contributed by atoms with Gasteiger partial charge in [-0.3, -0.25) is 0 Å². The number of nitrogens with zero attached hydrogens (tertiary/aromatic N) is 1. The molecule has 90 valence electrons. The smallest absolute Gasteiger partial charge is 0.140 e. The molecule has 5 heteroatoms. The molecule has 0 saturated heterocycles. The van der Waals surface area contributed by atoms with Gasteiger partial charge in [0.05, 0.1) is 23.0 Å². The SMILES string of the molecule is CCOCC(C)Nc1ncc(N)c(C)c1Br. The van der Waals surface area contributed by atoms with E-state index in [2.05, 4.69) is 33.2 Å². The Labute approximate surface area is 105 Å². The van der Waals surface area contributed by atoms with E-state index in [0.717, 1.165) is 22.5 Å². The summed E-state index contributed by atoms with van der Waals surface area (Å²) in [5.41, 5.74) is 7.45. The Morgan fingerprint density at radius 1 is 1.62 bits per heavy atom. The normalized spacial score (nSPS) is 12.5. The maximum Gasteiger partial charge on any atom is 0.140 e. The Morgan fingerprint density at radius 3 is 2.94 bits per heavy atom. The van der Waals surface area contributed by atoms with Crippen LogP contribution in [0.4, 0.5) is 11.5 Å². The van der Waals surface area contributed by atoms with Crippen molar-refractivity contribution in [1.82, 2.24) is 4.98 Å². The average molecular weight is 288 g/mol. The molecule has 4 nitrogen and oxygen atoms in total. The maximum atomic E-state index is 5.76. The largest absolute Gasteiger partial charge is 0.397 e. The average Bonchev–Trinajstić information content (AvgIpc) is 2.27. The number of anilines is 2. The van der Waals surface area contributed by atoms with Gasteiger partial charge in [-0.15, -0.1) is 0 Å². The van der Waals surface area contributed by atoms with E-state index in [1.807, 2.05) is 13.8 Å². The van der Waals surface area contributed by atoms with E-state index in [0.29, 0.717) is 12.3 Å². The van der Waals surface area contributed by atoms with E-state index >= 15 is 0 Å². The summed E-state index contributed by atoms with van der Waals surface area (Å²) in [6.07, 6.45) is 1.66. The summed E-state index contributed by atoms with van der Waals surface area (Å²) in [5, 5.41) is 3.27. The van der Waals surface area contributed by atoms with Crippen LogP contribution in [0.15, 0.2) is 10.7 Å². The number of ether oxygens (including phenoxy) is 1. The van der Waals surface area contributed by atoms with Crippen LogP contribution in [-0.4, -0.2) is 24.2 Å². The van der Waals surface area contributed by atoms with Crippen molar-refractivity contribution < 1.29 is 4.74 Å². The number of nitrogens with one attached hydrogen (secondary N) is 1. The van der Waals surface area contributed by atoms with Crippen LogP contribution < -0.4 is 11.1 Å². The zero-order chi connectivity index (χ0) is 12.1. The highest BCUT2D eigenvalue weighted by molar-refractivity contribution is 9.10. The molecular formula is C11H18BrN3O. The van der Waals surface area contributed by atoms with Crippen LogP contribution in [0.2, 0.25) is 0 Å². The summed E-state index contributed by atoms with van der Waals surface area (Å²) in [4.78, 5) is 4.25. The van der Waals surface area contributed by atoms with Crippen LogP contribution in [0.5, 0.6) is 0 Å². The minimum Gasteiger partial charge on any atom is -0.397 e. The Hall–Kier alpha value is -0.810. The van der Waals surface area contributed by atoms with Crippen LogP contribution in [0.3, 0.4) is 0 Å². The van der Waals surface area contributed by atoms with Crippen molar-refractivity contribution in [3.63, 3.8) is 0 Å². The van der Waals surface area contributed by atoms with Crippen LogP contribution in [0.1, 0.15) is 19.4 Å². The number of rotatable bonds is 5. The molecule has 0 bridgehead atoms. The van der Waals surface area contributed by atoms with Crippen LogP contribution in [0.25, 0.3) is 0 Å². The highest BCUT2D eigenvalue weighted by atomic mass is 79.9. The fourth-order valence-corrected chi connectivity index (χ4v) is 1.71. The Balaban J connectivity index is 2.70. The Kier molecular flexibility index (Phi) is 5.02. The molecule has 0 aliphatic carbocycles. The van der Waals surface area contributed by atoms with Gasteiger partial charge in [0.15, 0.2) is 0 Å². The molecule has 0 radical (unpaired) electrons. The first-order valence-electron chi connectivity index (χ1n) is 5.31. The summed E-state index contributed by atoms with van der Waals surface area (Å²) >= 11 is 3.48. The molecule has 0 aliphatic rings. The first-order valence-corrected chi connectivity index (χ1v) is 6.10. The second-order valence-electron chi connectivity index (χ2n) is 3.71. The summed E-state index contributed by atoms with van der Waals surface area (Å²) in [7, 11) is 0. The van der Waals surface area contributed by atoms with Gasteiger partial charge in [-0.05, 0) is 42.3 Å². The Morgan fingerprint density at radius 2 is 2.31 bits per heavy atom. The minimum absolute atomic E-state index is 0.215. The van der Waals surface area contributed by atoms with Gasteiger partial charge >= 0.3 is 0 Å². The van der Waals surface area contributed by atoms with Gasteiger partial charge in [0.1, 0.15) is 5.82 Å². The van der Waals surface area contributed by atoms with Crippen molar-refractivity contribution in [3.05, 3.63) is 16.2 Å². The van der Waals surface area contributed by atoms with Gasteiger partial charge < -0.3 is 15.8 Å². The molecule has 1 aromatic heterocycles. The van der Waals surface area contributed by atoms with Gasteiger partial charge in [0, 0.05) is 12.6 Å². The lowest BCUT2D eigenvalue weighted by Gasteiger charge is -2.16. The van der Waals surface area contributed by atoms with Crippen molar-refractivity contribution >= 4 is 27.4 Å². The monoisotopic (exact) mass is 287 g/mol. The predicted octanol–water partition coefficient (Wildman–Crippen LogP) is 2.57. The first kappa shape index (κ1) is 13.3. The molecule has 16 heavy (non-hydrogen) atoms. The second-order valence-corrected chi connectivity index (χ2v) is 4.50. The zero-order valence-electron chi connectivity index (χ0n) is 9.88.